The summed E-state index contributed by atoms with van der Waals surface area (Å²) >= 11 is 5.32. The van der Waals surface area contributed by atoms with Crippen LogP contribution in [0.4, 0.5) is 29.6 Å². The van der Waals surface area contributed by atoms with E-state index < -0.39 is 6.36 Å². The Bertz CT molecular complexity index is 1310. The zero-order chi connectivity index (χ0) is 28.7. The maximum atomic E-state index is 12.4. The van der Waals surface area contributed by atoms with E-state index in [1.54, 1.807) is 0 Å². The number of thiocarbonyl (C=S) groups is 1. The second-order valence-corrected chi connectivity index (χ2v) is 9.96. The first kappa shape index (κ1) is 29.1. The van der Waals surface area contributed by atoms with E-state index in [4.69, 9.17) is 12.2 Å². The van der Waals surface area contributed by atoms with Gasteiger partial charge in [-0.05, 0) is 86.1 Å². The number of alkyl halides is 3. The van der Waals surface area contributed by atoms with Crippen LogP contribution < -0.4 is 25.6 Å². The average Bonchev–Trinajstić information content (AvgIpc) is 3.40. The smallest absolute Gasteiger partial charge is 0.406 e. The van der Waals surface area contributed by atoms with Gasteiger partial charge in [-0.2, -0.15) is 4.98 Å². The molecule has 9 nitrogen and oxygen atoms in total. The first-order valence-electron chi connectivity index (χ1n) is 13.1. The second-order valence-electron chi connectivity index (χ2n) is 9.55. The number of rotatable bonds is 8. The summed E-state index contributed by atoms with van der Waals surface area (Å²) in [5.74, 6) is 0.717. The highest BCUT2D eigenvalue weighted by atomic mass is 32.1. The van der Waals surface area contributed by atoms with Crippen molar-refractivity contribution >= 4 is 35.0 Å². The molecule has 3 N–H and O–H groups in total. The molecule has 4 rings (SSSR count). The number of anilines is 2. The van der Waals surface area contributed by atoms with Crippen LogP contribution in [0.25, 0.3) is 5.69 Å². The summed E-state index contributed by atoms with van der Waals surface area (Å²) < 4.78 is 42.5. The topological polar surface area (TPSA) is 96.3 Å². The number of nitrogens with one attached hydrogen (secondary N) is 3. The van der Waals surface area contributed by atoms with Crippen LogP contribution in [0.5, 0.6) is 5.75 Å². The Kier molecular flexibility index (Phi) is 9.46. The number of aromatic nitrogens is 3. The molecule has 1 aliphatic heterocycles. The maximum Gasteiger partial charge on any atom is 0.573 e. The summed E-state index contributed by atoms with van der Waals surface area (Å²) in [7, 11) is 0. The van der Waals surface area contributed by atoms with E-state index in [1.165, 1.54) is 35.3 Å². The normalized spacial score (nSPS) is 14.1. The van der Waals surface area contributed by atoms with Crippen molar-refractivity contribution in [2.24, 2.45) is 5.92 Å². The fraction of sp³-hybridized carbons (Fsp3) is 0.407. The lowest BCUT2D eigenvalue weighted by atomic mass is 9.94. The minimum atomic E-state index is -4.73. The van der Waals surface area contributed by atoms with Crippen LogP contribution >= 0.6 is 12.2 Å². The van der Waals surface area contributed by atoms with E-state index in [0.29, 0.717) is 24.1 Å². The summed E-state index contributed by atoms with van der Waals surface area (Å²) in [6.07, 6.45) is 0.344. The Morgan fingerprint density at radius 3 is 2.55 bits per heavy atom. The third-order valence-electron chi connectivity index (χ3n) is 6.76. The first-order chi connectivity index (χ1) is 19.1. The molecule has 40 heavy (non-hydrogen) atoms. The number of benzene rings is 2. The molecule has 2 heterocycles. The van der Waals surface area contributed by atoms with E-state index in [-0.39, 0.29) is 16.9 Å². The number of carbonyl (C=O) groups excluding carboxylic acids is 1. The van der Waals surface area contributed by atoms with Gasteiger partial charge < -0.3 is 20.3 Å². The van der Waals surface area contributed by atoms with Gasteiger partial charge in [0, 0.05) is 25.3 Å². The lowest BCUT2D eigenvalue weighted by Crippen LogP contribution is -2.42. The van der Waals surface area contributed by atoms with Crippen molar-refractivity contribution in [1.29, 1.82) is 0 Å². The zero-order valence-corrected chi connectivity index (χ0v) is 23.1. The molecule has 0 bridgehead atoms. The molecule has 2 aromatic carbocycles. The van der Waals surface area contributed by atoms with Gasteiger partial charge in [-0.25, -0.2) is 9.48 Å². The van der Waals surface area contributed by atoms with Crippen molar-refractivity contribution in [1.82, 2.24) is 25.4 Å². The average molecular weight is 576 g/mol. The molecule has 3 aromatic rings. The summed E-state index contributed by atoms with van der Waals surface area (Å²) in [6, 6.07) is 11.1. The minimum Gasteiger partial charge on any atom is -0.406 e. The van der Waals surface area contributed by atoms with Crippen molar-refractivity contribution in [3.63, 3.8) is 0 Å². The third-order valence-corrected chi connectivity index (χ3v) is 6.96. The quantitative estimate of drug-likeness (QED) is 0.312. The number of aryl methyl sites for hydroxylation is 2. The van der Waals surface area contributed by atoms with E-state index in [2.05, 4.69) is 42.6 Å². The monoisotopic (exact) mass is 575 g/mol. The van der Waals surface area contributed by atoms with Crippen molar-refractivity contribution in [3.05, 3.63) is 59.9 Å². The molecule has 0 atom stereocenters. The predicted octanol–water partition coefficient (Wildman–Crippen LogP) is 5.34. The van der Waals surface area contributed by atoms with Crippen LogP contribution in [0, 0.1) is 12.8 Å². The fourth-order valence-electron chi connectivity index (χ4n) is 4.63. The number of hydrogen-bond donors (Lipinski definition) is 3. The van der Waals surface area contributed by atoms with Gasteiger partial charge in [-0.3, -0.25) is 5.32 Å². The minimum absolute atomic E-state index is 0.257. The first-order valence-corrected chi connectivity index (χ1v) is 13.5. The van der Waals surface area contributed by atoms with Crippen LogP contribution in [0.15, 0.2) is 48.8 Å². The van der Waals surface area contributed by atoms with E-state index in [9.17, 15) is 18.0 Å². The van der Waals surface area contributed by atoms with Crippen LogP contribution in [0.2, 0.25) is 0 Å². The number of halogens is 3. The Labute approximate surface area is 236 Å². The van der Waals surface area contributed by atoms with Gasteiger partial charge in [0.15, 0.2) is 5.11 Å². The molecule has 13 heteroatoms. The van der Waals surface area contributed by atoms with Gasteiger partial charge in [0.25, 0.3) is 0 Å². The fourth-order valence-corrected chi connectivity index (χ4v) is 4.82. The van der Waals surface area contributed by atoms with Crippen LogP contribution in [0.3, 0.4) is 0 Å². The van der Waals surface area contributed by atoms with Gasteiger partial charge in [0.05, 0.1) is 5.69 Å². The van der Waals surface area contributed by atoms with Crippen LogP contribution in [0.1, 0.15) is 37.3 Å². The largest absolute Gasteiger partial charge is 0.573 e. The number of amides is 2. The van der Waals surface area contributed by atoms with E-state index in [1.807, 2.05) is 25.1 Å². The van der Waals surface area contributed by atoms with Crippen molar-refractivity contribution in [2.45, 2.75) is 45.9 Å². The Morgan fingerprint density at radius 1 is 1.15 bits per heavy atom. The van der Waals surface area contributed by atoms with E-state index in [0.717, 1.165) is 55.6 Å². The molecular formula is C27H32F3N7O2S. The van der Waals surface area contributed by atoms with Gasteiger partial charge in [-0.1, -0.05) is 25.1 Å². The van der Waals surface area contributed by atoms with Gasteiger partial charge in [-0.15, -0.1) is 18.3 Å². The number of para-hydroxylation sites is 1. The molecule has 0 aliphatic carbocycles. The number of nitrogens with zero attached hydrogens (tertiary/aromatic N) is 4. The zero-order valence-electron chi connectivity index (χ0n) is 22.3. The van der Waals surface area contributed by atoms with Crippen LogP contribution in [-0.2, 0) is 6.42 Å². The summed E-state index contributed by atoms with van der Waals surface area (Å²) in [6.45, 7) is 6.13. The Hall–Kier alpha value is -3.87. The van der Waals surface area contributed by atoms with Crippen molar-refractivity contribution < 1.29 is 22.7 Å². The van der Waals surface area contributed by atoms with Crippen molar-refractivity contribution in [3.8, 4) is 11.4 Å². The number of hydrogen-bond acceptors (Lipinski definition) is 6. The molecule has 0 unspecified atom stereocenters. The molecule has 1 saturated heterocycles. The molecule has 1 aromatic heterocycles. The lowest BCUT2D eigenvalue weighted by Gasteiger charge is -2.31. The van der Waals surface area contributed by atoms with Crippen molar-refractivity contribution in [2.75, 3.05) is 29.9 Å². The molecule has 0 radical (unpaired) electrons. The highest BCUT2D eigenvalue weighted by Crippen LogP contribution is 2.25. The number of ether oxygens (including phenoxy) is 1. The summed E-state index contributed by atoms with van der Waals surface area (Å²) in [4.78, 5) is 18.8. The standard InChI is InChI=1S/C27H32F3N7O2S/c1-3-20-6-4-5-18(2)23(20)33-26(40)34-25(38)31-14-11-19-12-15-36(16-13-19)24-32-17-37(35-24)21-7-9-22(10-8-21)39-27(28,29)30/h4-10,17,19H,3,11-16H2,1-2H3,(H3,31,33,34,38,40). The van der Waals surface area contributed by atoms with Crippen LogP contribution in [-0.4, -0.2) is 51.9 Å². The molecule has 0 saturated carbocycles. The highest BCUT2D eigenvalue weighted by Gasteiger charge is 2.31. The van der Waals surface area contributed by atoms with Gasteiger partial charge in [0.1, 0.15) is 12.1 Å². The number of piperidine rings is 1. The number of carbonyl (C=O) groups is 1. The Morgan fingerprint density at radius 2 is 1.88 bits per heavy atom. The summed E-state index contributed by atoms with van der Waals surface area (Å²) in [5, 5.41) is 13.4. The predicted molar refractivity (Wildman–Crippen MR) is 151 cm³/mol. The number of urea groups is 1. The van der Waals surface area contributed by atoms with Gasteiger partial charge >= 0.3 is 12.4 Å². The third kappa shape index (κ3) is 8.07. The molecule has 1 fully saturated rings. The molecule has 214 valence electrons. The lowest BCUT2D eigenvalue weighted by molar-refractivity contribution is -0.274. The molecular weight excluding hydrogens is 543 g/mol. The maximum absolute atomic E-state index is 12.4. The molecule has 0 spiro atoms. The SMILES string of the molecule is CCc1cccc(C)c1NC(=S)NC(=O)NCCC1CCN(c2ncn(-c3ccc(OC(F)(F)F)cc3)n2)CC1. The highest BCUT2D eigenvalue weighted by molar-refractivity contribution is 7.80. The Balaban J connectivity index is 1.17. The van der Waals surface area contributed by atoms with Gasteiger partial charge in [0.2, 0.25) is 5.95 Å². The second kappa shape index (κ2) is 13.0. The molecule has 2 amide bonds. The molecule has 1 aliphatic rings. The summed E-state index contributed by atoms with van der Waals surface area (Å²) in [5.41, 5.74) is 3.69. The van der Waals surface area contributed by atoms with E-state index >= 15 is 0 Å².